The maximum atomic E-state index is 13.4. The van der Waals surface area contributed by atoms with Crippen LogP contribution in [0.3, 0.4) is 0 Å². The maximum Gasteiger partial charge on any atom is 0.411 e. The molecule has 5 rings (SSSR count). The first kappa shape index (κ1) is 29.4. The summed E-state index contributed by atoms with van der Waals surface area (Å²) in [7, 11) is 2.60. The van der Waals surface area contributed by atoms with E-state index in [1.807, 2.05) is 0 Å². The number of carbonyl (C=O) groups is 3. The molecule has 3 heterocycles. The molecule has 4 aromatic rings. The highest BCUT2D eigenvalue weighted by Gasteiger charge is 2.27. The zero-order valence-electron chi connectivity index (χ0n) is 23.4. The molecule has 2 aromatic carbocycles. The number of nitrogens with two attached hydrogens (primary N) is 1. The van der Waals surface area contributed by atoms with Gasteiger partial charge in [0.25, 0.3) is 5.91 Å². The zero-order chi connectivity index (χ0) is 30.5. The first-order valence-electron chi connectivity index (χ1n) is 13.4. The number of ether oxygens (including phenoxy) is 2. The lowest BCUT2D eigenvalue weighted by atomic mass is 10.0. The van der Waals surface area contributed by atoms with Crippen LogP contribution in [-0.4, -0.2) is 63.2 Å². The maximum absolute atomic E-state index is 13.4. The van der Waals surface area contributed by atoms with E-state index in [1.165, 1.54) is 18.9 Å². The summed E-state index contributed by atoms with van der Waals surface area (Å²) >= 11 is 6.10. The summed E-state index contributed by atoms with van der Waals surface area (Å²) in [5.41, 5.74) is 9.01. The van der Waals surface area contributed by atoms with Crippen LogP contribution in [0.2, 0.25) is 5.02 Å². The number of halogens is 1. The van der Waals surface area contributed by atoms with Gasteiger partial charge in [-0.05, 0) is 49.2 Å². The number of nitrogens with zero attached hydrogens (tertiary/aromatic N) is 4. The second-order valence-electron chi connectivity index (χ2n) is 9.79. The third-order valence-electron chi connectivity index (χ3n) is 6.98. The summed E-state index contributed by atoms with van der Waals surface area (Å²) in [4.78, 5) is 45.8. The van der Waals surface area contributed by atoms with E-state index < -0.39 is 30.1 Å². The average molecular weight is 608 g/mol. The molecular weight excluding hydrogens is 578 g/mol. The van der Waals surface area contributed by atoms with Crippen LogP contribution < -0.4 is 21.7 Å². The molecule has 14 nitrogen and oxygen atoms in total. The van der Waals surface area contributed by atoms with Gasteiger partial charge in [0.1, 0.15) is 11.9 Å². The van der Waals surface area contributed by atoms with Crippen LogP contribution in [0.1, 0.15) is 48.0 Å². The third kappa shape index (κ3) is 6.54. The van der Waals surface area contributed by atoms with Crippen molar-refractivity contribution in [1.82, 2.24) is 30.3 Å². The molecule has 0 fully saturated rings. The molecule has 43 heavy (non-hydrogen) atoms. The summed E-state index contributed by atoms with van der Waals surface area (Å²) < 4.78 is 11.1. The van der Waals surface area contributed by atoms with Gasteiger partial charge in [-0.15, -0.1) is 5.10 Å². The van der Waals surface area contributed by atoms with Gasteiger partial charge in [-0.2, -0.15) is 4.68 Å². The van der Waals surface area contributed by atoms with Crippen molar-refractivity contribution in [3.05, 3.63) is 65.2 Å². The Balaban J connectivity index is 1.45. The highest BCUT2D eigenvalue weighted by atomic mass is 35.5. The lowest BCUT2D eigenvalue weighted by Crippen LogP contribution is -2.32. The Morgan fingerprint density at radius 2 is 1.91 bits per heavy atom. The van der Waals surface area contributed by atoms with E-state index in [-0.39, 0.29) is 11.5 Å². The van der Waals surface area contributed by atoms with E-state index >= 15 is 0 Å². The van der Waals surface area contributed by atoms with Crippen LogP contribution in [0.5, 0.6) is 0 Å². The summed E-state index contributed by atoms with van der Waals surface area (Å²) in [5.74, 6) is -0.365. The second kappa shape index (κ2) is 12.8. The van der Waals surface area contributed by atoms with Crippen LogP contribution >= 0.6 is 11.6 Å². The van der Waals surface area contributed by atoms with Gasteiger partial charge in [0.2, 0.25) is 0 Å². The van der Waals surface area contributed by atoms with Crippen LogP contribution in [0.4, 0.5) is 22.0 Å². The molecule has 0 radical (unpaired) electrons. The van der Waals surface area contributed by atoms with Crippen LogP contribution in [-0.2, 0) is 14.3 Å². The fourth-order valence-corrected chi connectivity index (χ4v) is 5.00. The molecule has 0 aliphatic carbocycles. The van der Waals surface area contributed by atoms with Crippen molar-refractivity contribution in [2.75, 3.05) is 30.6 Å². The van der Waals surface area contributed by atoms with Crippen molar-refractivity contribution in [3.63, 3.8) is 0 Å². The Morgan fingerprint density at radius 1 is 1.09 bits per heavy atom. The molecule has 6 N–H and O–H groups in total. The van der Waals surface area contributed by atoms with Crippen molar-refractivity contribution in [2.45, 2.75) is 37.8 Å². The molecule has 1 aliphatic rings. The quantitative estimate of drug-likeness (QED) is 0.207. The van der Waals surface area contributed by atoms with Gasteiger partial charge < -0.3 is 30.8 Å². The molecule has 0 saturated heterocycles. The summed E-state index contributed by atoms with van der Waals surface area (Å²) in [5, 5.41) is 17.4. The van der Waals surface area contributed by atoms with Crippen molar-refractivity contribution < 1.29 is 23.9 Å². The standard InChI is InChI=1S/C28H30ClN9O5/c1-42-27(40)20-9-4-3-8-19(35-26(39)23-24(30)38(37-36-23)17-7-5-6-15(29)12-17)25-31-14-22(34-25)18-11-10-16(13-21(18)33-20)32-28(41)43-2/h5-7,10-14,19-20,33H,3-4,8-9,30H2,1-2H3,(H,31,34)(H,32,41)(H,35,39)/t19-,20?/m0/s1. The van der Waals surface area contributed by atoms with Crippen molar-refractivity contribution >= 4 is 46.8 Å². The van der Waals surface area contributed by atoms with Crippen LogP contribution in [0, 0.1) is 0 Å². The number of anilines is 3. The van der Waals surface area contributed by atoms with Crippen molar-refractivity contribution in [3.8, 4) is 16.9 Å². The van der Waals surface area contributed by atoms with Gasteiger partial charge in [0, 0.05) is 28.2 Å². The number of hydrogen-bond donors (Lipinski definition) is 5. The number of aromatic nitrogens is 5. The van der Waals surface area contributed by atoms with Gasteiger partial charge in [0.15, 0.2) is 11.5 Å². The number of amides is 2. The number of nitrogen functional groups attached to an aromatic ring is 1. The number of carbonyl (C=O) groups excluding carboxylic acids is 3. The van der Waals surface area contributed by atoms with Gasteiger partial charge in [0.05, 0.1) is 31.6 Å². The summed E-state index contributed by atoms with van der Waals surface area (Å²) in [6, 6.07) is 10.8. The molecule has 2 aromatic heterocycles. The lowest BCUT2D eigenvalue weighted by Gasteiger charge is -2.22. The van der Waals surface area contributed by atoms with E-state index in [1.54, 1.807) is 48.7 Å². The Hall–Kier alpha value is -5.11. The topological polar surface area (TPSA) is 191 Å². The smallest absolute Gasteiger partial charge is 0.411 e. The monoisotopic (exact) mass is 607 g/mol. The summed E-state index contributed by atoms with van der Waals surface area (Å²) in [6.07, 6.45) is 3.33. The number of nitrogens with one attached hydrogen (secondary N) is 4. The molecule has 1 unspecified atom stereocenters. The molecule has 1 aliphatic heterocycles. The zero-order valence-corrected chi connectivity index (χ0v) is 24.1. The first-order valence-corrected chi connectivity index (χ1v) is 13.8. The highest BCUT2D eigenvalue weighted by Crippen LogP contribution is 2.33. The molecule has 2 amide bonds. The van der Waals surface area contributed by atoms with Gasteiger partial charge >= 0.3 is 12.1 Å². The number of imidazole rings is 1. The normalized spacial score (nSPS) is 16.4. The van der Waals surface area contributed by atoms with E-state index in [0.29, 0.717) is 64.8 Å². The fourth-order valence-electron chi connectivity index (χ4n) is 4.82. The SMILES string of the molecule is COC(=O)Nc1ccc2c(c1)NC(C(=O)OC)CCCC[C@H](NC(=O)c1nnn(-c3cccc(Cl)c3)c1N)c1nc-2c[nH]1. The molecule has 0 saturated carbocycles. The number of rotatable bonds is 5. The molecule has 15 heteroatoms. The Bertz CT molecular complexity index is 1650. The van der Waals surface area contributed by atoms with Crippen LogP contribution in [0.25, 0.3) is 16.9 Å². The van der Waals surface area contributed by atoms with Gasteiger partial charge in [-0.25, -0.2) is 14.6 Å². The number of esters is 1. The van der Waals surface area contributed by atoms with E-state index in [4.69, 9.17) is 31.8 Å². The molecular formula is C28H30ClN9O5. The lowest BCUT2D eigenvalue weighted by molar-refractivity contribution is -0.141. The first-order chi connectivity index (χ1) is 20.8. The van der Waals surface area contributed by atoms with Gasteiger partial charge in [-0.3, -0.25) is 10.1 Å². The Kier molecular flexibility index (Phi) is 8.76. The largest absolute Gasteiger partial charge is 0.467 e. The Labute approximate surface area is 251 Å². The number of hydrogen-bond acceptors (Lipinski definition) is 10. The molecule has 2 bridgehead atoms. The minimum absolute atomic E-state index is 0.0381. The highest BCUT2D eigenvalue weighted by molar-refractivity contribution is 6.30. The molecule has 224 valence electrons. The Morgan fingerprint density at radius 3 is 2.67 bits per heavy atom. The number of methoxy groups -OCH3 is 2. The minimum atomic E-state index is -0.663. The number of fused-ring (bicyclic) bond motifs is 4. The van der Waals surface area contributed by atoms with Crippen LogP contribution in [0.15, 0.2) is 48.7 Å². The molecule has 2 atom stereocenters. The average Bonchev–Trinajstić information content (AvgIpc) is 3.64. The molecule has 0 spiro atoms. The van der Waals surface area contributed by atoms with Gasteiger partial charge in [-0.1, -0.05) is 35.7 Å². The third-order valence-corrected chi connectivity index (χ3v) is 7.22. The van der Waals surface area contributed by atoms with Crippen molar-refractivity contribution in [1.29, 1.82) is 0 Å². The predicted molar refractivity (Wildman–Crippen MR) is 159 cm³/mol. The second-order valence-corrected chi connectivity index (χ2v) is 10.2. The number of aromatic amines is 1. The van der Waals surface area contributed by atoms with E-state index in [0.717, 1.165) is 0 Å². The van der Waals surface area contributed by atoms with E-state index in [2.05, 4.69) is 31.2 Å². The number of benzene rings is 2. The fraction of sp³-hybridized carbons (Fsp3) is 0.286. The van der Waals surface area contributed by atoms with Crippen molar-refractivity contribution in [2.24, 2.45) is 0 Å². The number of H-pyrrole nitrogens is 1. The predicted octanol–water partition coefficient (Wildman–Crippen LogP) is 4.07. The van der Waals surface area contributed by atoms with E-state index in [9.17, 15) is 14.4 Å². The minimum Gasteiger partial charge on any atom is -0.467 e. The summed E-state index contributed by atoms with van der Waals surface area (Å²) in [6.45, 7) is 0.